The molecule has 2 unspecified atom stereocenters. The lowest BCUT2D eigenvalue weighted by Gasteiger charge is -2.38. The molecule has 3 heteroatoms. The molecule has 0 aromatic heterocycles. The van der Waals surface area contributed by atoms with E-state index in [1.807, 2.05) is 0 Å². The first-order chi connectivity index (χ1) is 5.90. The first kappa shape index (κ1) is 8.23. The summed E-state index contributed by atoms with van der Waals surface area (Å²) in [6.07, 6.45) is 6.66. The molecule has 0 saturated carbocycles. The maximum atomic E-state index is 8.96. The molecular formula is C9H16N2O. The molecule has 0 bridgehead atoms. The second kappa shape index (κ2) is 3.56. The number of aliphatic hydroxyl groups excluding tert-OH is 1. The Bertz CT molecular complexity index is 181. The number of hydrogen-bond donors (Lipinski definition) is 3. The van der Waals surface area contributed by atoms with Crippen molar-refractivity contribution in [2.75, 3.05) is 13.2 Å². The van der Waals surface area contributed by atoms with E-state index >= 15 is 0 Å². The van der Waals surface area contributed by atoms with Gasteiger partial charge in [0.25, 0.3) is 0 Å². The summed E-state index contributed by atoms with van der Waals surface area (Å²) < 4.78 is 0. The standard InChI is InChI=1S/C9H16N2O/c12-6-7-5-10-8-3-1-2-4-9(8)11-7/h1-2,7-12H,3-6H2/t7-,8?,9?/m1/s1. The van der Waals surface area contributed by atoms with Gasteiger partial charge in [0.2, 0.25) is 0 Å². The van der Waals surface area contributed by atoms with E-state index in [0.29, 0.717) is 12.1 Å². The van der Waals surface area contributed by atoms with E-state index in [1.54, 1.807) is 0 Å². The van der Waals surface area contributed by atoms with E-state index < -0.39 is 0 Å². The van der Waals surface area contributed by atoms with Crippen LogP contribution in [0.5, 0.6) is 0 Å². The molecule has 0 aromatic rings. The van der Waals surface area contributed by atoms with Crippen molar-refractivity contribution in [1.29, 1.82) is 0 Å². The normalized spacial score (nSPS) is 40.9. The lowest BCUT2D eigenvalue weighted by Crippen LogP contribution is -2.62. The summed E-state index contributed by atoms with van der Waals surface area (Å²) in [5.41, 5.74) is 0. The molecule has 0 aromatic carbocycles. The highest BCUT2D eigenvalue weighted by Gasteiger charge is 2.28. The summed E-state index contributed by atoms with van der Waals surface area (Å²) >= 11 is 0. The van der Waals surface area contributed by atoms with Gasteiger partial charge in [-0.15, -0.1) is 0 Å². The summed E-state index contributed by atoms with van der Waals surface area (Å²) in [6.45, 7) is 1.13. The fraction of sp³-hybridized carbons (Fsp3) is 0.778. The minimum Gasteiger partial charge on any atom is -0.395 e. The van der Waals surface area contributed by atoms with Gasteiger partial charge in [-0.3, -0.25) is 0 Å². The van der Waals surface area contributed by atoms with Crippen molar-refractivity contribution in [2.24, 2.45) is 0 Å². The fourth-order valence-electron chi connectivity index (χ4n) is 2.00. The Morgan fingerprint density at radius 2 is 2.00 bits per heavy atom. The van der Waals surface area contributed by atoms with Gasteiger partial charge in [0.05, 0.1) is 6.61 Å². The highest BCUT2D eigenvalue weighted by molar-refractivity contribution is 5.04. The van der Waals surface area contributed by atoms with Crippen LogP contribution >= 0.6 is 0 Å². The van der Waals surface area contributed by atoms with Crippen LogP contribution in [0.3, 0.4) is 0 Å². The SMILES string of the molecule is OC[C@H]1CNC2CC=CCC2N1. The van der Waals surface area contributed by atoms with Gasteiger partial charge in [-0.25, -0.2) is 0 Å². The molecule has 2 aliphatic rings. The molecule has 1 aliphatic carbocycles. The predicted octanol–water partition coefficient (Wildman–Crippen LogP) is -0.373. The Kier molecular flexibility index (Phi) is 2.44. The molecule has 2 rings (SSSR count). The van der Waals surface area contributed by atoms with Crippen LogP contribution in [0.25, 0.3) is 0 Å². The van der Waals surface area contributed by atoms with Crippen LogP contribution < -0.4 is 10.6 Å². The van der Waals surface area contributed by atoms with Gasteiger partial charge in [0.1, 0.15) is 0 Å². The molecule has 3 N–H and O–H groups in total. The van der Waals surface area contributed by atoms with Gasteiger partial charge in [-0.05, 0) is 12.8 Å². The second-order valence-corrected chi connectivity index (χ2v) is 3.61. The highest BCUT2D eigenvalue weighted by atomic mass is 16.3. The number of aliphatic hydroxyl groups is 1. The Hall–Kier alpha value is -0.380. The molecule has 1 aliphatic heterocycles. The monoisotopic (exact) mass is 168 g/mol. The fourth-order valence-corrected chi connectivity index (χ4v) is 2.00. The van der Waals surface area contributed by atoms with E-state index in [9.17, 15) is 0 Å². The molecule has 1 fully saturated rings. The van der Waals surface area contributed by atoms with E-state index in [4.69, 9.17) is 5.11 Å². The van der Waals surface area contributed by atoms with E-state index in [-0.39, 0.29) is 12.6 Å². The van der Waals surface area contributed by atoms with Crippen molar-refractivity contribution in [3.8, 4) is 0 Å². The molecule has 1 saturated heterocycles. The topological polar surface area (TPSA) is 44.3 Å². The summed E-state index contributed by atoms with van der Waals surface area (Å²) in [5.74, 6) is 0. The molecule has 0 radical (unpaired) electrons. The number of rotatable bonds is 1. The maximum Gasteiger partial charge on any atom is 0.0597 e. The van der Waals surface area contributed by atoms with E-state index in [2.05, 4.69) is 22.8 Å². The molecule has 0 spiro atoms. The quantitative estimate of drug-likeness (QED) is 0.468. The lowest BCUT2D eigenvalue weighted by atomic mass is 9.93. The zero-order valence-electron chi connectivity index (χ0n) is 7.16. The maximum absolute atomic E-state index is 8.96. The van der Waals surface area contributed by atoms with Gasteiger partial charge in [-0.1, -0.05) is 12.2 Å². The van der Waals surface area contributed by atoms with Crippen LogP contribution in [0.4, 0.5) is 0 Å². The Balaban J connectivity index is 1.95. The zero-order valence-corrected chi connectivity index (χ0v) is 7.16. The van der Waals surface area contributed by atoms with Gasteiger partial charge in [0, 0.05) is 24.7 Å². The molecule has 12 heavy (non-hydrogen) atoms. The second-order valence-electron chi connectivity index (χ2n) is 3.61. The molecule has 3 nitrogen and oxygen atoms in total. The average molecular weight is 168 g/mol. The van der Waals surface area contributed by atoms with Crippen molar-refractivity contribution in [3.05, 3.63) is 12.2 Å². The van der Waals surface area contributed by atoms with E-state index in [1.165, 1.54) is 0 Å². The summed E-state index contributed by atoms with van der Waals surface area (Å²) in [6, 6.07) is 1.36. The molecule has 68 valence electrons. The zero-order chi connectivity index (χ0) is 8.39. The van der Waals surface area contributed by atoms with Crippen LogP contribution in [-0.4, -0.2) is 36.4 Å². The first-order valence-electron chi connectivity index (χ1n) is 4.65. The number of nitrogens with one attached hydrogen (secondary N) is 2. The van der Waals surface area contributed by atoms with Gasteiger partial charge in [-0.2, -0.15) is 0 Å². The third-order valence-corrected chi connectivity index (χ3v) is 2.73. The predicted molar refractivity (Wildman–Crippen MR) is 48.0 cm³/mol. The van der Waals surface area contributed by atoms with Crippen molar-refractivity contribution >= 4 is 0 Å². The van der Waals surface area contributed by atoms with E-state index in [0.717, 1.165) is 19.4 Å². The first-order valence-corrected chi connectivity index (χ1v) is 4.65. The van der Waals surface area contributed by atoms with Gasteiger partial charge < -0.3 is 15.7 Å². The lowest BCUT2D eigenvalue weighted by molar-refractivity contribution is 0.180. The number of hydrogen-bond acceptors (Lipinski definition) is 3. The Morgan fingerprint density at radius 1 is 1.25 bits per heavy atom. The number of fused-ring (bicyclic) bond motifs is 1. The van der Waals surface area contributed by atoms with Crippen LogP contribution in [0.15, 0.2) is 12.2 Å². The molecule has 0 amide bonds. The minimum atomic E-state index is 0.236. The van der Waals surface area contributed by atoms with Crippen LogP contribution in [0.1, 0.15) is 12.8 Å². The van der Waals surface area contributed by atoms with Crippen molar-refractivity contribution in [3.63, 3.8) is 0 Å². The summed E-state index contributed by atoms with van der Waals surface area (Å²) in [4.78, 5) is 0. The minimum absolute atomic E-state index is 0.236. The van der Waals surface area contributed by atoms with Crippen LogP contribution in [0.2, 0.25) is 0 Å². The molecular weight excluding hydrogens is 152 g/mol. The molecule has 1 heterocycles. The van der Waals surface area contributed by atoms with Gasteiger partial charge in [0.15, 0.2) is 0 Å². The third kappa shape index (κ3) is 1.53. The Labute approximate surface area is 72.9 Å². The summed E-state index contributed by atoms with van der Waals surface area (Å²) in [5, 5.41) is 15.9. The molecule has 3 atom stereocenters. The third-order valence-electron chi connectivity index (χ3n) is 2.73. The summed E-state index contributed by atoms with van der Waals surface area (Å²) in [7, 11) is 0. The highest BCUT2D eigenvalue weighted by Crippen LogP contribution is 2.15. The average Bonchev–Trinajstić information content (AvgIpc) is 2.17. The van der Waals surface area contributed by atoms with Crippen molar-refractivity contribution < 1.29 is 5.11 Å². The van der Waals surface area contributed by atoms with Crippen LogP contribution in [0, 0.1) is 0 Å². The number of piperazine rings is 1. The van der Waals surface area contributed by atoms with Gasteiger partial charge >= 0.3 is 0 Å². The smallest absolute Gasteiger partial charge is 0.0597 e. The van der Waals surface area contributed by atoms with Crippen LogP contribution in [-0.2, 0) is 0 Å². The Morgan fingerprint density at radius 3 is 2.75 bits per heavy atom. The van der Waals surface area contributed by atoms with Crippen molar-refractivity contribution in [2.45, 2.75) is 31.0 Å². The largest absolute Gasteiger partial charge is 0.395 e. The van der Waals surface area contributed by atoms with Crippen molar-refractivity contribution in [1.82, 2.24) is 10.6 Å².